The lowest BCUT2D eigenvalue weighted by atomic mass is 9.93. The Bertz CT molecular complexity index is 1010. The van der Waals surface area contributed by atoms with Gasteiger partial charge in [0.05, 0.1) is 24.3 Å². The number of fused-ring (bicyclic) bond motifs is 3. The van der Waals surface area contributed by atoms with Crippen LogP contribution in [-0.2, 0) is 17.8 Å². The molecule has 2 aliphatic rings. The number of carbonyl (C=O) groups excluding carboxylic acids is 2. The van der Waals surface area contributed by atoms with Crippen LogP contribution in [-0.4, -0.2) is 52.2 Å². The highest BCUT2D eigenvalue weighted by Gasteiger charge is 2.38. The van der Waals surface area contributed by atoms with Crippen LogP contribution in [0.1, 0.15) is 60.2 Å². The summed E-state index contributed by atoms with van der Waals surface area (Å²) in [5.41, 5.74) is 3.10. The van der Waals surface area contributed by atoms with Gasteiger partial charge in [0.1, 0.15) is 11.4 Å². The van der Waals surface area contributed by atoms with Crippen LogP contribution in [0.4, 0.5) is 8.78 Å². The predicted molar refractivity (Wildman–Crippen MR) is 112 cm³/mol. The number of hydrogen-bond acceptors (Lipinski definition) is 5. The number of nitrogens with zero attached hydrogens (tertiary/aromatic N) is 3. The van der Waals surface area contributed by atoms with Gasteiger partial charge in [-0.2, -0.15) is 13.9 Å². The Hall–Kier alpha value is -3.01. The number of ether oxygens (including phenoxy) is 1. The Balaban J connectivity index is 1.60. The predicted octanol–water partition coefficient (Wildman–Crippen LogP) is 2.41. The molecule has 0 fully saturated rings. The molecule has 0 saturated carbocycles. The van der Waals surface area contributed by atoms with Crippen molar-refractivity contribution >= 4 is 11.8 Å². The maximum atomic E-state index is 13.6. The minimum atomic E-state index is -2.88. The summed E-state index contributed by atoms with van der Waals surface area (Å²) in [6.45, 7) is 3.98. The van der Waals surface area contributed by atoms with Crippen LogP contribution in [0.3, 0.4) is 0 Å². The first-order valence-corrected chi connectivity index (χ1v) is 10.7. The molecule has 2 unspecified atom stereocenters. The van der Waals surface area contributed by atoms with E-state index in [1.807, 2.05) is 6.92 Å². The number of hydrogen-bond donors (Lipinski definition) is 2. The van der Waals surface area contributed by atoms with E-state index >= 15 is 0 Å². The standard InChI is InChI=1S/C22H27F2N5O3/c1-12-10-17-19(18(26-12)11-25-14(3)30)20-21(31)28(8-9-29(20)27-17)13(2)15-4-6-16(7-5-15)32-22(23)24/h4-7,12-13,18,22,26H,8-11H2,1-3H3,(H,25,30)/t12-,13?,18?/m1/s1. The van der Waals surface area contributed by atoms with Gasteiger partial charge in [-0.25, -0.2) is 0 Å². The Morgan fingerprint density at radius 1 is 1.31 bits per heavy atom. The van der Waals surface area contributed by atoms with E-state index in [0.29, 0.717) is 31.7 Å². The van der Waals surface area contributed by atoms with Crippen molar-refractivity contribution in [3.05, 3.63) is 46.8 Å². The van der Waals surface area contributed by atoms with E-state index in [4.69, 9.17) is 5.10 Å². The smallest absolute Gasteiger partial charge is 0.387 e. The van der Waals surface area contributed by atoms with Gasteiger partial charge in [-0.05, 0) is 31.5 Å². The second kappa shape index (κ2) is 8.85. The topological polar surface area (TPSA) is 88.5 Å². The summed E-state index contributed by atoms with van der Waals surface area (Å²) < 4.78 is 31.0. The lowest BCUT2D eigenvalue weighted by molar-refractivity contribution is -0.119. The summed E-state index contributed by atoms with van der Waals surface area (Å²) in [5.74, 6) is -0.183. The first-order chi connectivity index (χ1) is 15.2. The van der Waals surface area contributed by atoms with Crippen molar-refractivity contribution < 1.29 is 23.1 Å². The molecule has 1 aromatic heterocycles. The number of amides is 2. The van der Waals surface area contributed by atoms with Crippen LogP contribution in [0.25, 0.3) is 0 Å². The van der Waals surface area contributed by atoms with Gasteiger partial charge in [0, 0.05) is 38.0 Å². The molecule has 32 heavy (non-hydrogen) atoms. The minimum absolute atomic E-state index is 0.0778. The van der Waals surface area contributed by atoms with Crippen molar-refractivity contribution in [1.29, 1.82) is 0 Å². The molecule has 3 heterocycles. The molecule has 4 rings (SSSR count). The number of benzene rings is 1. The maximum absolute atomic E-state index is 13.6. The summed E-state index contributed by atoms with van der Waals surface area (Å²) in [6.07, 6.45) is 0.709. The van der Waals surface area contributed by atoms with E-state index < -0.39 is 6.61 Å². The van der Waals surface area contributed by atoms with Crippen molar-refractivity contribution in [3.63, 3.8) is 0 Å². The highest BCUT2D eigenvalue weighted by molar-refractivity contribution is 5.95. The van der Waals surface area contributed by atoms with Crippen molar-refractivity contribution in [1.82, 2.24) is 25.3 Å². The van der Waals surface area contributed by atoms with Crippen LogP contribution in [0, 0.1) is 0 Å². The fourth-order valence-electron chi connectivity index (χ4n) is 4.53. The maximum Gasteiger partial charge on any atom is 0.387 e. The number of nitrogens with one attached hydrogen (secondary N) is 2. The molecule has 0 spiro atoms. The van der Waals surface area contributed by atoms with Gasteiger partial charge in [0.2, 0.25) is 5.91 Å². The summed E-state index contributed by atoms with van der Waals surface area (Å²) >= 11 is 0. The Labute approximate surface area is 184 Å². The van der Waals surface area contributed by atoms with Crippen LogP contribution in [0.5, 0.6) is 5.75 Å². The molecule has 2 amide bonds. The molecule has 8 nitrogen and oxygen atoms in total. The first-order valence-electron chi connectivity index (χ1n) is 10.7. The number of aromatic nitrogens is 2. The molecule has 0 radical (unpaired) electrons. The quantitative estimate of drug-likeness (QED) is 0.710. The Kier molecular flexibility index (Phi) is 6.14. The Morgan fingerprint density at radius 3 is 2.69 bits per heavy atom. The SMILES string of the molecule is CC(=O)NCC1N[C@H](C)Cc2nn3c(c21)C(=O)N(C(C)c1ccc(OC(F)F)cc1)CC3. The average Bonchev–Trinajstić information content (AvgIpc) is 3.11. The fourth-order valence-corrected chi connectivity index (χ4v) is 4.53. The molecular formula is C22H27F2N5O3. The summed E-state index contributed by atoms with van der Waals surface area (Å²) in [7, 11) is 0. The monoisotopic (exact) mass is 447 g/mol. The zero-order chi connectivity index (χ0) is 23.0. The summed E-state index contributed by atoms with van der Waals surface area (Å²) in [4.78, 5) is 26.8. The van der Waals surface area contributed by atoms with Crippen LogP contribution < -0.4 is 15.4 Å². The average molecular weight is 447 g/mol. The van der Waals surface area contributed by atoms with Gasteiger partial charge in [0.15, 0.2) is 0 Å². The van der Waals surface area contributed by atoms with E-state index in [1.54, 1.807) is 21.7 Å². The van der Waals surface area contributed by atoms with Crippen LogP contribution in [0.2, 0.25) is 0 Å². The van der Waals surface area contributed by atoms with Gasteiger partial charge in [0.25, 0.3) is 5.91 Å². The molecule has 10 heteroatoms. The number of alkyl halides is 2. The normalized spacial score (nSPS) is 21.2. The van der Waals surface area contributed by atoms with Crippen LogP contribution in [0.15, 0.2) is 24.3 Å². The lowest BCUT2D eigenvalue weighted by Gasteiger charge is -2.35. The van der Waals surface area contributed by atoms with Gasteiger partial charge < -0.3 is 20.3 Å². The molecule has 2 N–H and O–H groups in total. The third-order valence-corrected chi connectivity index (χ3v) is 6.03. The minimum Gasteiger partial charge on any atom is -0.435 e. The van der Waals surface area contributed by atoms with Crippen molar-refractivity contribution in [2.75, 3.05) is 13.1 Å². The molecule has 0 saturated heterocycles. The Morgan fingerprint density at radius 2 is 2.03 bits per heavy atom. The molecule has 2 aliphatic heterocycles. The van der Waals surface area contributed by atoms with E-state index in [9.17, 15) is 18.4 Å². The van der Waals surface area contributed by atoms with Crippen molar-refractivity contribution in [2.45, 2.75) is 58.5 Å². The van der Waals surface area contributed by atoms with E-state index in [0.717, 1.165) is 16.8 Å². The molecule has 0 aliphatic carbocycles. The second-order valence-corrected chi connectivity index (χ2v) is 8.32. The third-order valence-electron chi connectivity index (χ3n) is 6.03. The number of rotatable bonds is 6. The third kappa shape index (κ3) is 4.32. The molecule has 3 atom stereocenters. The van der Waals surface area contributed by atoms with Gasteiger partial charge in [-0.1, -0.05) is 12.1 Å². The molecule has 172 valence electrons. The van der Waals surface area contributed by atoms with Gasteiger partial charge in [-0.3, -0.25) is 14.3 Å². The van der Waals surface area contributed by atoms with Crippen molar-refractivity contribution in [3.8, 4) is 5.75 Å². The molecule has 0 bridgehead atoms. The first kappa shape index (κ1) is 22.2. The van der Waals surface area contributed by atoms with Gasteiger partial charge in [-0.15, -0.1) is 0 Å². The van der Waals surface area contributed by atoms with Gasteiger partial charge >= 0.3 is 6.61 Å². The zero-order valence-electron chi connectivity index (χ0n) is 18.3. The summed E-state index contributed by atoms with van der Waals surface area (Å²) in [5, 5.41) is 11.0. The lowest BCUT2D eigenvalue weighted by Crippen LogP contribution is -2.45. The highest BCUT2D eigenvalue weighted by Crippen LogP contribution is 2.33. The molecule has 1 aromatic carbocycles. The molecular weight excluding hydrogens is 420 g/mol. The number of halogens is 2. The highest BCUT2D eigenvalue weighted by atomic mass is 19.3. The zero-order valence-corrected chi connectivity index (χ0v) is 18.3. The summed E-state index contributed by atoms with van der Waals surface area (Å²) in [6, 6.07) is 6.07. The number of carbonyl (C=O) groups is 2. The van der Waals surface area contributed by atoms with E-state index in [-0.39, 0.29) is 35.7 Å². The largest absolute Gasteiger partial charge is 0.435 e. The molecule has 2 aromatic rings. The van der Waals surface area contributed by atoms with Crippen LogP contribution >= 0.6 is 0 Å². The second-order valence-electron chi connectivity index (χ2n) is 8.32. The van der Waals surface area contributed by atoms with Crippen molar-refractivity contribution in [2.24, 2.45) is 0 Å². The van der Waals surface area contributed by atoms with E-state index in [1.165, 1.54) is 19.1 Å². The fraction of sp³-hybridized carbons (Fsp3) is 0.500. The van der Waals surface area contributed by atoms with E-state index in [2.05, 4.69) is 22.3 Å².